The van der Waals surface area contributed by atoms with Gasteiger partial charge < -0.3 is 5.73 Å². The van der Waals surface area contributed by atoms with Gasteiger partial charge in [-0.05, 0) is 25.0 Å². The molecule has 0 saturated heterocycles. The summed E-state index contributed by atoms with van der Waals surface area (Å²) >= 11 is 0. The molecule has 0 aliphatic rings. The molecule has 2 N–H and O–H groups in total. The maximum Gasteiger partial charge on any atom is 0.0663 e. The molecule has 0 radical (unpaired) electrons. The molecule has 2 nitrogen and oxygen atoms in total. The normalized spacial score (nSPS) is 11.9. The number of nitrogens with zero attached hydrogens (tertiary/aromatic N) is 1. The first-order valence-electron chi connectivity index (χ1n) is 4.37. The van der Waals surface area contributed by atoms with Gasteiger partial charge in [-0.25, -0.2) is 0 Å². The highest BCUT2D eigenvalue weighted by atomic mass is 127. The van der Waals surface area contributed by atoms with Gasteiger partial charge in [0, 0.05) is 12.1 Å². The molecule has 1 aromatic rings. The second-order valence-electron chi connectivity index (χ2n) is 3.24. The van der Waals surface area contributed by atoms with Crippen LogP contribution in [0, 0.1) is 6.92 Å². The first-order chi connectivity index (χ1) is 5.66. The number of nitrogen functional groups attached to an aromatic ring is 1. The predicted molar refractivity (Wildman–Crippen MR) is 67.5 cm³/mol. The summed E-state index contributed by atoms with van der Waals surface area (Å²) in [6.07, 6.45) is 2.91. The van der Waals surface area contributed by atoms with Crippen molar-refractivity contribution in [3.8, 4) is 0 Å². The summed E-state index contributed by atoms with van der Waals surface area (Å²) in [4.78, 5) is 4.28. The lowest BCUT2D eigenvalue weighted by molar-refractivity contribution is 0.710. The maximum absolute atomic E-state index is 5.90. The third-order valence-corrected chi connectivity index (χ3v) is 2.32. The fraction of sp³-hybridized carbons (Fsp3) is 0.500. The first-order valence-corrected chi connectivity index (χ1v) is 4.37. The Hall–Kier alpha value is -0.320. The number of halogens is 1. The van der Waals surface area contributed by atoms with Gasteiger partial charge >= 0.3 is 0 Å². The Balaban J connectivity index is 0.00000144. The lowest BCUT2D eigenvalue weighted by Crippen LogP contribution is -2.03. The molecule has 3 heteroatoms. The molecule has 0 amide bonds. The molecule has 0 aromatic carbocycles. The molecule has 13 heavy (non-hydrogen) atoms. The van der Waals surface area contributed by atoms with Gasteiger partial charge in [-0.2, -0.15) is 0 Å². The Labute approximate surface area is 97.0 Å². The number of aryl methyl sites for hydroxylation is 1. The number of aromatic nitrogens is 1. The molecule has 0 fully saturated rings. The summed E-state index contributed by atoms with van der Waals surface area (Å²) in [5.74, 6) is 0.463. The molecule has 1 atom stereocenters. The van der Waals surface area contributed by atoms with E-state index < -0.39 is 0 Å². The Morgan fingerprint density at radius 1 is 1.54 bits per heavy atom. The maximum atomic E-state index is 5.90. The van der Waals surface area contributed by atoms with E-state index in [-0.39, 0.29) is 24.0 Å². The zero-order valence-electron chi connectivity index (χ0n) is 8.37. The van der Waals surface area contributed by atoms with E-state index in [0.717, 1.165) is 23.4 Å². The smallest absolute Gasteiger partial charge is 0.0663 e. The van der Waals surface area contributed by atoms with Crippen molar-refractivity contribution in [2.24, 2.45) is 0 Å². The molecular weight excluding hydrogens is 275 g/mol. The Bertz CT molecular complexity index is 274. The number of hydrogen-bond acceptors (Lipinski definition) is 2. The second kappa shape index (κ2) is 5.42. The zero-order chi connectivity index (χ0) is 9.14. The third kappa shape index (κ3) is 2.83. The van der Waals surface area contributed by atoms with Crippen LogP contribution in [0.3, 0.4) is 0 Å². The first kappa shape index (κ1) is 12.7. The largest absolute Gasteiger partial charge is 0.397 e. The van der Waals surface area contributed by atoms with E-state index >= 15 is 0 Å². The summed E-state index contributed by atoms with van der Waals surface area (Å²) in [7, 11) is 0. The fourth-order valence-electron chi connectivity index (χ4n) is 1.18. The van der Waals surface area contributed by atoms with Crippen LogP contribution in [-0.2, 0) is 0 Å². The molecule has 0 aliphatic heterocycles. The molecule has 0 saturated carbocycles. The van der Waals surface area contributed by atoms with Gasteiger partial charge in [-0.1, -0.05) is 13.8 Å². The second-order valence-corrected chi connectivity index (χ2v) is 3.24. The third-order valence-electron chi connectivity index (χ3n) is 2.32. The van der Waals surface area contributed by atoms with Gasteiger partial charge in [0.15, 0.2) is 0 Å². The summed E-state index contributed by atoms with van der Waals surface area (Å²) < 4.78 is 0. The van der Waals surface area contributed by atoms with Gasteiger partial charge in [0.1, 0.15) is 0 Å². The van der Waals surface area contributed by atoms with Gasteiger partial charge in [-0.15, -0.1) is 24.0 Å². The number of nitrogens with two attached hydrogens (primary N) is 1. The fourth-order valence-corrected chi connectivity index (χ4v) is 1.18. The predicted octanol–water partition coefficient (Wildman–Crippen LogP) is 3.10. The number of hydrogen-bond donors (Lipinski definition) is 1. The van der Waals surface area contributed by atoms with Gasteiger partial charge in [0.25, 0.3) is 0 Å². The van der Waals surface area contributed by atoms with Crippen molar-refractivity contribution in [3.63, 3.8) is 0 Å². The van der Waals surface area contributed by atoms with Gasteiger partial charge in [-0.3, -0.25) is 4.98 Å². The molecule has 1 unspecified atom stereocenters. The van der Waals surface area contributed by atoms with Crippen LogP contribution < -0.4 is 5.73 Å². The van der Waals surface area contributed by atoms with Crippen molar-refractivity contribution in [2.45, 2.75) is 33.1 Å². The minimum Gasteiger partial charge on any atom is -0.397 e. The van der Waals surface area contributed by atoms with Crippen molar-refractivity contribution in [2.75, 3.05) is 5.73 Å². The van der Waals surface area contributed by atoms with E-state index in [1.54, 1.807) is 0 Å². The number of rotatable bonds is 2. The zero-order valence-corrected chi connectivity index (χ0v) is 10.7. The SMILES string of the molecule is CCC(C)c1nccc(C)c1N.I. The molecular formula is C10H17IN2. The van der Waals surface area contributed by atoms with Crippen molar-refractivity contribution < 1.29 is 0 Å². The van der Waals surface area contributed by atoms with Crippen LogP contribution in [0.5, 0.6) is 0 Å². The molecule has 1 heterocycles. The quantitative estimate of drug-likeness (QED) is 0.851. The van der Waals surface area contributed by atoms with Crippen molar-refractivity contribution in [3.05, 3.63) is 23.5 Å². The lowest BCUT2D eigenvalue weighted by Gasteiger charge is -2.11. The molecule has 0 bridgehead atoms. The van der Waals surface area contributed by atoms with Crippen molar-refractivity contribution >= 4 is 29.7 Å². The van der Waals surface area contributed by atoms with Crippen LogP contribution in [0.1, 0.15) is 37.4 Å². The standard InChI is InChI=1S/C10H16N2.HI/c1-4-7(2)10-9(11)8(3)5-6-12-10;/h5-7H,4,11H2,1-3H3;1H. The summed E-state index contributed by atoms with van der Waals surface area (Å²) in [5.41, 5.74) is 8.91. The molecule has 0 aliphatic carbocycles. The van der Waals surface area contributed by atoms with E-state index in [9.17, 15) is 0 Å². The topological polar surface area (TPSA) is 38.9 Å². The van der Waals surface area contributed by atoms with E-state index in [4.69, 9.17) is 5.73 Å². The minimum absolute atomic E-state index is 0. The average molecular weight is 292 g/mol. The van der Waals surface area contributed by atoms with Crippen molar-refractivity contribution in [1.29, 1.82) is 0 Å². The lowest BCUT2D eigenvalue weighted by atomic mass is 10.0. The number of anilines is 1. The van der Waals surface area contributed by atoms with E-state index in [1.807, 2.05) is 19.2 Å². The highest BCUT2D eigenvalue weighted by Gasteiger charge is 2.09. The summed E-state index contributed by atoms with van der Waals surface area (Å²) in [5, 5.41) is 0. The highest BCUT2D eigenvalue weighted by molar-refractivity contribution is 14.0. The monoisotopic (exact) mass is 292 g/mol. The minimum atomic E-state index is 0. The van der Waals surface area contributed by atoms with Crippen LogP contribution in [0.2, 0.25) is 0 Å². The Morgan fingerprint density at radius 3 is 2.69 bits per heavy atom. The highest BCUT2D eigenvalue weighted by Crippen LogP contribution is 2.24. The van der Waals surface area contributed by atoms with Crippen LogP contribution in [0.15, 0.2) is 12.3 Å². The Morgan fingerprint density at radius 2 is 2.15 bits per heavy atom. The molecule has 74 valence electrons. The molecule has 1 aromatic heterocycles. The number of pyridine rings is 1. The summed E-state index contributed by atoms with van der Waals surface area (Å²) in [6.45, 7) is 6.31. The van der Waals surface area contributed by atoms with Crippen LogP contribution in [0.25, 0.3) is 0 Å². The summed E-state index contributed by atoms with van der Waals surface area (Å²) in [6, 6.07) is 1.95. The van der Waals surface area contributed by atoms with Crippen LogP contribution in [-0.4, -0.2) is 4.98 Å². The van der Waals surface area contributed by atoms with Crippen molar-refractivity contribution in [1.82, 2.24) is 4.98 Å². The van der Waals surface area contributed by atoms with E-state index in [0.29, 0.717) is 5.92 Å². The molecule has 0 spiro atoms. The van der Waals surface area contributed by atoms with Crippen LogP contribution >= 0.6 is 24.0 Å². The van der Waals surface area contributed by atoms with E-state index in [1.165, 1.54) is 0 Å². The van der Waals surface area contributed by atoms with E-state index in [2.05, 4.69) is 18.8 Å². The molecule has 1 rings (SSSR count). The van der Waals surface area contributed by atoms with Gasteiger partial charge in [0.05, 0.1) is 11.4 Å². The average Bonchev–Trinajstić information content (AvgIpc) is 2.08. The van der Waals surface area contributed by atoms with Gasteiger partial charge in [0.2, 0.25) is 0 Å². The Kier molecular flexibility index (Phi) is 5.29. The van der Waals surface area contributed by atoms with Crippen LogP contribution in [0.4, 0.5) is 5.69 Å².